The molecule has 8 heteroatoms. The van der Waals surface area contributed by atoms with Gasteiger partial charge in [0.1, 0.15) is 17.1 Å². The van der Waals surface area contributed by atoms with Crippen molar-refractivity contribution in [2.45, 2.75) is 51.0 Å². The van der Waals surface area contributed by atoms with E-state index in [9.17, 15) is 9.59 Å². The number of benzene rings is 1. The van der Waals surface area contributed by atoms with Crippen molar-refractivity contribution in [1.29, 1.82) is 0 Å². The van der Waals surface area contributed by atoms with Crippen LogP contribution in [0.4, 0.5) is 0 Å². The Morgan fingerprint density at radius 1 is 1.21 bits per heavy atom. The zero-order valence-electron chi connectivity index (χ0n) is 16.5. The molecule has 0 spiro atoms. The minimum Gasteiger partial charge on any atom is -0.497 e. The number of aryl methyl sites for hydroxylation is 2. The number of fused-ring (bicyclic) bond motifs is 1. The van der Waals surface area contributed by atoms with E-state index < -0.39 is 5.91 Å². The predicted molar refractivity (Wildman–Crippen MR) is 109 cm³/mol. The molecule has 1 aromatic carbocycles. The number of carbonyl (C=O) groups is 1. The Kier molecular flexibility index (Phi) is 5.33. The normalized spacial score (nSPS) is 14.9. The second kappa shape index (κ2) is 8.06. The topological polar surface area (TPSA) is 116 Å². The number of aromatic amines is 1. The Bertz CT molecular complexity index is 1080. The van der Waals surface area contributed by atoms with Gasteiger partial charge in [-0.2, -0.15) is 0 Å². The van der Waals surface area contributed by atoms with E-state index in [2.05, 4.69) is 9.97 Å². The van der Waals surface area contributed by atoms with Crippen molar-refractivity contribution >= 4 is 17.1 Å². The molecule has 3 aromatic rings. The monoisotopic (exact) mass is 395 g/mol. The van der Waals surface area contributed by atoms with E-state index in [-0.39, 0.29) is 17.3 Å². The highest BCUT2D eigenvalue weighted by Crippen LogP contribution is 2.31. The lowest BCUT2D eigenvalue weighted by Gasteiger charge is -2.20. The number of primary amides is 1. The van der Waals surface area contributed by atoms with E-state index in [1.165, 1.54) is 6.42 Å². The van der Waals surface area contributed by atoms with Crippen molar-refractivity contribution in [1.82, 2.24) is 19.5 Å². The van der Waals surface area contributed by atoms with E-state index >= 15 is 0 Å². The van der Waals surface area contributed by atoms with Crippen LogP contribution in [0.15, 0.2) is 29.1 Å². The van der Waals surface area contributed by atoms with Crippen LogP contribution in [-0.4, -0.2) is 32.5 Å². The van der Waals surface area contributed by atoms with Crippen molar-refractivity contribution in [3.63, 3.8) is 0 Å². The first-order chi connectivity index (χ1) is 14.1. The van der Waals surface area contributed by atoms with Crippen LogP contribution in [0.1, 0.15) is 59.9 Å². The van der Waals surface area contributed by atoms with Crippen LogP contribution in [0.3, 0.4) is 0 Å². The zero-order chi connectivity index (χ0) is 20.4. The summed E-state index contributed by atoms with van der Waals surface area (Å²) in [6.45, 7) is 0.435. The molecule has 2 heterocycles. The quantitative estimate of drug-likeness (QED) is 0.665. The summed E-state index contributed by atoms with van der Waals surface area (Å²) in [5.41, 5.74) is 7.18. The summed E-state index contributed by atoms with van der Waals surface area (Å²) in [6.07, 6.45) is 6.07. The van der Waals surface area contributed by atoms with Gasteiger partial charge in [-0.3, -0.25) is 9.36 Å². The zero-order valence-corrected chi connectivity index (χ0v) is 16.5. The highest BCUT2D eigenvalue weighted by atomic mass is 16.5. The molecule has 2 aromatic heterocycles. The number of rotatable bonds is 6. The minimum atomic E-state index is -0.655. The number of hydrogen-bond donors (Lipinski definition) is 2. The molecule has 1 fully saturated rings. The lowest BCUT2D eigenvalue weighted by Crippen LogP contribution is -2.19. The van der Waals surface area contributed by atoms with Gasteiger partial charge >= 0.3 is 5.69 Å². The molecule has 1 saturated carbocycles. The third-order valence-electron chi connectivity index (χ3n) is 5.63. The molecule has 0 radical (unpaired) electrons. The van der Waals surface area contributed by atoms with Crippen LogP contribution in [-0.2, 0) is 13.0 Å². The molecular weight excluding hydrogens is 370 g/mol. The maximum absolute atomic E-state index is 12.6. The summed E-state index contributed by atoms with van der Waals surface area (Å²) in [6, 6.07) is 7.72. The molecule has 0 aliphatic heterocycles. The number of methoxy groups -OCH3 is 1. The molecule has 0 unspecified atom stereocenters. The van der Waals surface area contributed by atoms with Gasteiger partial charge in [-0.05, 0) is 37.0 Å². The van der Waals surface area contributed by atoms with Gasteiger partial charge in [0.25, 0.3) is 5.91 Å². The SMILES string of the molecule is COc1ccc(CCn2c(=O)[nH]c3c(C(N)=O)nc(C4CCCCC4)nc32)cc1. The second-order valence-electron chi connectivity index (χ2n) is 7.51. The highest BCUT2D eigenvalue weighted by molar-refractivity contribution is 6.01. The molecule has 4 rings (SSSR count). The van der Waals surface area contributed by atoms with Gasteiger partial charge in [-0.15, -0.1) is 0 Å². The van der Waals surface area contributed by atoms with E-state index in [0.29, 0.717) is 30.0 Å². The number of amides is 1. The third kappa shape index (κ3) is 3.87. The summed E-state index contributed by atoms with van der Waals surface area (Å²) in [7, 11) is 1.63. The first kappa shape index (κ1) is 19.2. The summed E-state index contributed by atoms with van der Waals surface area (Å²) < 4.78 is 6.75. The van der Waals surface area contributed by atoms with Crippen molar-refractivity contribution in [2.75, 3.05) is 7.11 Å². The van der Waals surface area contributed by atoms with Crippen LogP contribution < -0.4 is 16.2 Å². The summed E-state index contributed by atoms with van der Waals surface area (Å²) in [4.78, 5) is 36.4. The van der Waals surface area contributed by atoms with E-state index in [1.807, 2.05) is 24.3 Å². The number of imidazole rings is 1. The van der Waals surface area contributed by atoms with Gasteiger partial charge in [0, 0.05) is 12.5 Å². The van der Waals surface area contributed by atoms with Crippen molar-refractivity contribution in [3.8, 4) is 5.75 Å². The molecule has 1 aliphatic rings. The lowest BCUT2D eigenvalue weighted by atomic mass is 9.88. The van der Waals surface area contributed by atoms with Gasteiger partial charge in [0.05, 0.1) is 7.11 Å². The Morgan fingerprint density at radius 3 is 2.59 bits per heavy atom. The Labute approximate surface area is 168 Å². The van der Waals surface area contributed by atoms with E-state index in [1.54, 1.807) is 11.7 Å². The van der Waals surface area contributed by atoms with Crippen LogP contribution >= 0.6 is 0 Å². The fourth-order valence-electron chi connectivity index (χ4n) is 4.01. The first-order valence-corrected chi connectivity index (χ1v) is 10.00. The number of hydrogen-bond acceptors (Lipinski definition) is 5. The number of ether oxygens (including phenoxy) is 1. The largest absolute Gasteiger partial charge is 0.497 e. The molecule has 0 saturated heterocycles. The van der Waals surface area contributed by atoms with Gasteiger partial charge in [0.2, 0.25) is 0 Å². The summed E-state index contributed by atoms with van der Waals surface area (Å²) in [5.74, 6) is 0.946. The number of nitrogens with one attached hydrogen (secondary N) is 1. The van der Waals surface area contributed by atoms with Crippen molar-refractivity contribution in [3.05, 3.63) is 51.8 Å². The maximum Gasteiger partial charge on any atom is 0.327 e. The first-order valence-electron chi connectivity index (χ1n) is 10.00. The van der Waals surface area contributed by atoms with Crippen molar-refractivity contribution < 1.29 is 9.53 Å². The maximum atomic E-state index is 12.6. The lowest BCUT2D eigenvalue weighted by molar-refractivity contribution is 0.0996. The molecule has 152 valence electrons. The second-order valence-corrected chi connectivity index (χ2v) is 7.51. The van der Waals surface area contributed by atoms with E-state index in [0.717, 1.165) is 37.0 Å². The minimum absolute atomic E-state index is 0.0934. The van der Waals surface area contributed by atoms with Crippen LogP contribution in [0.5, 0.6) is 5.75 Å². The number of nitrogens with zero attached hydrogens (tertiary/aromatic N) is 3. The summed E-state index contributed by atoms with van der Waals surface area (Å²) in [5, 5.41) is 0. The summed E-state index contributed by atoms with van der Waals surface area (Å²) >= 11 is 0. The van der Waals surface area contributed by atoms with Gasteiger partial charge in [-0.1, -0.05) is 31.4 Å². The fourth-order valence-corrected chi connectivity index (χ4v) is 4.01. The number of carbonyl (C=O) groups excluding carboxylic acids is 1. The smallest absolute Gasteiger partial charge is 0.327 e. The molecule has 29 heavy (non-hydrogen) atoms. The van der Waals surface area contributed by atoms with Crippen molar-refractivity contribution in [2.24, 2.45) is 5.73 Å². The Morgan fingerprint density at radius 2 is 1.93 bits per heavy atom. The Balaban J connectivity index is 1.70. The fraction of sp³-hybridized carbons (Fsp3) is 0.429. The molecule has 1 aliphatic carbocycles. The van der Waals surface area contributed by atoms with Gasteiger partial charge in [-0.25, -0.2) is 14.8 Å². The average molecular weight is 395 g/mol. The third-order valence-corrected chi connectivity index (χ3v) is 5.63. The van der Waals surface area contributed by atoms with E-state index in [4.69, 9.17) is 15.5 Å². The molecule has 1 amide bonds. The van der Waals surface area contributed by atoms with Crippen LogP contribution in [0.2, 0.25) is 0 Å². The standard InChI is InChI=1S/C21H25N5O3/c1-29-15-9-7-13(8-10-15)11-12-26-20-17(24-21(26)28)16(18(22)27)23-19(25-20)14-5-3-2-4-6-14/h7-10,14H,2-6,11-12H2,1H3,(H2,22,27)(H,24,28). The molecular formula is C21H25N5O3. The number of aromatic nitrogens is 4. The van der Waals surface area contributed by atoms with Crippen LogP contribution in [0, 0.1) is 0 Å². The van der Waals surface area contributed by atoms with Crippen LogP contribution in [0.25, 0.3) is 11.2 Å². The average Bonchev–Trinajstić information content (AvgIpc) is 3.07. The van der Waals surface area contributed by atoms with Gasteiger partial charge < -0.3 is 15.5 Å². The predicted octanol–water partition coefficient (Wildman–Crippen LogP) is 2.52. The molecule has 0 atom stereocenters. The molecule has 8 nitrogen and oxygen atoms in total. The number of nitrogens with two attached hydrogens (primary N) is 1. The Hall–Kier alpha value is -3.16. The highest BCUT2D eigenvalue weighted by Gasteiger charge is 2.24. The van der Waals surface area contributed by atoms with Gasteiger partial charge in [0.15, 0.2) is 11.3 Å². The molecule has 3 N–H and O–H groups in total. The number of H-pyrrole nitrogens is 1. The molecule has 0 bridgehead atoms.